The molecule has 1 aliphatic carbocycles. The highest BCUT2D eigenvalue weighted by atomic mass is 19.4. The standard InChI is InChI=1S/C16H26F3NO3/c1-11(2)10-20(8-7-15(22)23)14(21)9-12-3-5-13(6-4-12)16(17,18)19/h11-13H,3-10H2,1-2H3,(H,22,23). The fraction of sp³-hybridized carbons (Fsp3) is 0.875. The highest BCUT2D eigenvalue weighted by Crippen LogP contribution is 2.40. The minimum absolute atomic E-state index is 0.0272. The summed E-state index contributed by atoms with van der Waals surface area (Å²) in [4.78, 5) is 24.6. The Labute approximate surface area is 135 Å². The molecule has 0 spiro atoms. The number of carboxylic acid groups (broad SMARTS) is 1. The zero-order valence-electron chi connectivity index (χ0n) is 13.7. The smallest absolute Gasteiger partial charge is 0.391 e. The van der Waals surface area contributed by atoms with E-state index in [0.717, 1.165) is 0 Å². The third-order valence-electron chi connectivity index (χ3n) is 4.31. The molecule has 0 aromatic carbocycles. The molecule has 0 atom stereocenters. The van der Waals surface area contributed by atoms with E-state index in [0.29, 0.717) is 19.4 Å². The van der Waals surface area contributed by atoms with Crippen LogP contribution in [0.3, 0.4) is 0 Å². The van der Waals surface area contributed by atoms with E-state index < -0.39 is 18.1 Å². The summed E-state index contributed by atoms with van der Waals surface area (Å²) >= 11 is 0. The second-order valence-corrected chi connectivity index (χ2v) is 6.84. The molecule has 0 aromatic rings. The van der Waals surface area contributed by atoms with Crippen LogP contribution in [0.5, 0.6) is 0 Å². The van der Waals surface area contributed by atoms with E-state index >= 15 is 0 Å². The average Bonchev–Trinajstić information content (AvgIpc) is 2.42. The Kier molecular flexibility index (Phi) is 7.35. The first-order valence-electron chi connectivity index (χ1n) is 8.15. The Morgan fingerprint density at radius 3 is 2.17 bits per heavy atom. The van der Waals surface area contributed by atoms with Gasteiger partial charge in [-0.15, -0.1) is 0 Å². The molecule has 7 heteroatoms. The van der Waals surface area contributed by atoms with Gasteiger partial charge in [0.05, 0.1) is 12.3 Å². The first-order valence-corrected chi connectivity index (χ1v) is 8.15. The van der Waals surface area contributed by atoms with Gasteiger partial charge in [0.25, 0.3) is 0 Å². The number of aliphatic carboxylic acids is 1. The van der Waals surface area contributed by atoms with E-state index in [2.05, 4.69) is 0 Å². The van der Waals surface area contributed by atoms with Gasteiger partial charge in [-0.05, 0) is 37.5 Å². The topological polar surface area (TPSA) is 57.6 Å². The summed E-state index contributed by atoms with van der Waals surface area (Å²) in [5.41, 5.74) is 0. The van der Waals surface area contributed by atoms with Gasteiger partial charge in [-0.1, -0.05) is 13.8 Å². The maximum absolute atomic E-state index is 12.6. The monoisotopic (exact) mass is 337 g/mol. The summed E-state index contributed by atoms with van der Waals surface area (Å²) < 4.78 is 37.9. The fourth-order valence-electron chi connectivity index (χ4n) is 3.06. The van der Waals surface area contributed by atoms with Crippen molar-refractivity contribution >= 4 is 11.9 Å². The number of hydrogen-bond donors (Lipinski definition) is 1. The molecule has 1 rings (SSSR count). The lowest BCUT2D eigenvalue weighted by molar-refractivity contribution is -0.184. The summed E-state index contributed by atoms with van der Waals surface area (Å²) in [6.45, 7) is 4.51. The van der Waals surface area contributed by atoms with E-state index in [4.69, 9.17) is 5.11 Å². The lowest BCUT2D eigenvalue weighted by Crippen LogP contribution is -2.37. The second kappa shape index (κ2) is 8.55. The minimum Gasteiger partial charge on any atom is -0.481 e. The molecular formula is C16H26F3NO3. The molecule has 0 heterocycles. The number of rotatable bonds is 7. The number of halogens is 3. The molecule has 0 aromatic heterocycles. The summed E-state index contributed by atoms with van der Waals surface area (Å²) in [6.07, 6.45) is -3.05. The van der Waals surface area contributed by atoms with Crippen LogP contribution in [0.1, 0.15) is 52.4 Å². The van der Waals surface area contributed by atoms with Crippen molar-refractivity contribution in [1.82, 2.24) is 4.90 Å². The van der Waals surface area contributed by atoms with Crippen molar-refractivity contribution in [3.8, 4) is 0 Å². The molecule has 1 amide bonds. The maximum Gasteiger partial charge on any atom is 0.391 e. The van der Waals surface area contributed by atoms with Crippen LogP contribution in [0.4, 0.5) is 13.2 Å². The van der Waals surface area contributed by atoms with E-state index in [1.54, 1.807) is 0 Å². The number of alkyl halides is 3. The van der Waals surface area contributed by atoms with Crippen LogP contribution in [-0.2, 0) is 9.59 Å². The van der Waals surface area contributed by atoms with E-state index in [9.17, 15) is 22.8 Å². The van der Waals surface area contributed by atoms with Gasteiger partial charge in [0.2, 0.25) is 5.91 Å². The van der Waals surface area contributed by atoms with Gasteiger partial charge in [0.15, 0.2) is 0 Å². The largest absolute Gasteiger partial charge is 0.481 e. The molecule has 23 heavy (non-hydrogen) atoms. The zero-order valence-corrected chi connectivity index (χ0v) is 13.7. The molecule has 0 radical (unpaired) electrons. The van der Waals surface area contributed by atoms with Gasteiger partial charge in [-0.3, -0.25) is 9.59 Å². The van der Waals surface area contributed by atoms with Crippen LogP contribution in [0.15, 0.2) is 0 Å². The Hall–Kier alpha value is -1.27. The second-order valence-electron chi connectivity index (χ2n) is 6.84. The van der Waals surface area contributed by atoms with Gasteiger partial charge >= 0.3 is 12.1 Å². The van der Waals surface area contributed by atoms with Crippen LogP contribution in [0, 0.1) is 17.8 Å². The molecular weight excluding hydrogens is 311 g/mol. The molecule has 0 bridgehead atoms. The first kappa shape index (κ1) is 19.8. The van der Waals surface area contributed by atoms with Crippen molar-refractivity contribution < 1.29 is 27.9 Å². The third-order valence-corrected chi connectivity index (χ3v) is 4.31. The quantitative estimate of drug-likeness (QED) is 0.770. The van der Waals surface area contributed by atoms with E-state index in [1.165, 1.54) is 4.90 Å². The maximum atomic E-state index is 12.6. The van der Waals surface area contributed by atoms with E-state index in [1.807, 2.05) is 13.8 Å². The van der Waals surface area contributed by atoms with E-state index in [-0.39, 0.29) is 50.0 Å². The first-order chi connectivity index (χ1) is 10.6. The van der Waals surface area contributed by atoms with Crippen LogP contribution in [-0.4, -0.2) is 41.1 Å². The summed E-state index contributed by atoms with van der Waals surface area (Å²) in [5.74, 6) is -2.16. The van der Waals surface area contributed by atoms with Gasteiger partial charge in [0, 0.05) is 19.5 Å². The minimum atomic E-state index is -4.14. The lowest BCUT2D eigenvalue weighted by Gasteiger charge is -2.31. The SMILES string of the molecule is CC(C)CN(CCC(=O)O)C(=O)CC1CCC(C(F)(F)F)CC1. The Morgan fingerprint density at radius 1 is 1.17 bits per heavy atom. The van der Waals surface area contributed by atoms with Crippen molar-refractivity contribution in [1.29, 1.82) is 0 Å². The molecule has 0 aliphatic heterocycles. The summed E-state index contributed by atoms with van der Waals surface area (Å²) in [6, 6.07) is 0. The molecule has 1 fully saturated rings. The number of amides is 1. The molecule has 134 valence electrons. The lowest BCUT2D eigenvalue weighted by atomic mass is 9.80. The molecule has 1 saturated carbocycles. The third kappa shape index (κ3) is 7.22. The molecule has 0 saturated heterocycles. The Bertz CT molecular complexity index is 402. The van der Waals surface area contributed by atoms with Crippen LogP contribution in [0.2, 0.25) is 0 Å². The number of hydrogen-bond acceptors (Lipinski definition) is 2. The number of carbonyl (C=O) groups excluding carboxylic acids is 1. The average molecular weight is 337 g/mol. The van der Waals surface area contributed by atoms with Crippen molar-refractivity contribution in [2.24, 2.45) is 17.8 Å². The highest BCUT2D eigenvalue weighted by Gasteiger charge is 2.41. The van der Waals surface area contributed by atoms with Crippen molar-refractivity contribution in [2.75, 3.05) is 13.1 Å². The van der Waals surface area contributed by atoms with Gasteiger partial charge in [-0.25, -0.2) is 0 Å². The van der Waals surface area contributed by atoms with Crippen molar-refractivity contribution in [3.63, 3.8) is 0 Å². The molecule has 1 aliphatic rings. The van der Waals surface area contributed by atoms with Gasteiger partial charge < -0.3 is 10.0 Å². The molecule has 0 unspecified atom stereocenters. The normalized spacial score (nSPS) is 22.2. The zero-order chi connectivity index (χ0) is 17.6. The Morgan fingerprint density at radius 2 is 1.74 bits per heavy atom. The fourth-order valence-corrected chi connectivity index (χ4v) is 3.06. The van der Waals surface area contributed by atoms with Gasteiger partial charge in [-0.2, -0.15) is 13.2 Å². The highest BCUT2D eigenvalue weighted by molar-refractivity contribution is 5.77. The summed E-state index contributed by atoms with van der Waals surface area (Å²) in [5, 5.41) is 8.76. The predicted octanol–water partition coefficient (Wildman–Crippen LogP) is 3.70. The van der Waals surface area contributed by atoms with Crippen LogP contribution >= 0.6 is 0 Å². The van der Waals surface area contributed by atoms with Crippen molar-refractivity contribution in [2.45, 2.75) is 58.5 Å². The molecule has 4 nitrogen and oxygen atoms in total. The predicted molar refractivity (Wildman–Crippen MR) is 79.8 cm³/mol. The molecule has 1 N–H and O–H groups in total. The van der Waals surface area contributed by atoms with Gasteiger partial charge in [0.1, 0.15) is 0 Å². The number of carboxylic acids is 1. The summed E-state index contributed by atoms with van der Waals surface area (Å²) in [7, 11) is 0. The van der Waals surface area contributed by atoms with Crippen molar-refractivity contribution in [3.05, 3.63) is 0 Å². The Balaban J connectivity index is 2.50. The number of nitrogens with zero attached hydrogens (tertiary/aromatic N) is 1. The number of carbonyl (C=O) groups is 2. The van der Waals surface area contributed by atoms with Crippen LogP contribution < -0.4 is 0 Å². The van der Waals surface area contributed by atoms with Crippen LogP contribution in [0.25, 0.3) is 0 Å².